The monoisotopic (exact) mass is 291 g/mol. The van der Waals surface area contributed by atoms with Gasteiger partial charge in [-0.25, -0.2) is 4.98 Å². The number of hydrogen-bond donors (Lipinski definition) is 1. The van der Waals surface area contributed by atoms with Crippen molar-refractivity contribution in [3.05, 3.63) is 10.6 Å². The molecule has 2 unspecified atom stereocenters. The van der Waals surface area contributed by atoms with Crippen LogP contribution in [0, 0.1) is 12.8 Å². The molecule has 1 aromatic heterocycles. The molecular formula is C16H25N3S. The van der Waals surface area contributed by atoms with Crippen molar-refractivity contribution in [3.8, 4) is 0 Å². The third-order valence-electron chi connectivity index (χ3n) is 5.25. The third-order valence-corrected chi connectivity index (χ3v) is 6.44. The van der Waals surface area contributed by atoms with Gasteiger partial charge in [0.2, 0.25) is 0 Å². The van der Waals surface area contributed by atoms with Gasteiger partial charge in [-0.15, -0.1) is 11.3 Å². The Labute approximate surface area is 125 Å². The summed E-state index contributed by atoms with van der Waals surface area (Å²) in [5.41, 5.74) is 1.25. The van der Waals surface area contributed by atoms with Crippen LogP contribution in [0.3, 0.4) is 0 Å². The molecule has 0 aromatic carbocycles. The van der Waals surface area contributed by atoms with Crippen LogP contribution in [-0.4, -0.2) is 23.6 Å². The summed E-state index contributed by atoms with van der Waals surface area (Å²) in [7, 11) is 0. The molecule has 0 bridgehead atoms. The maximum Gasteiger partial charge on any atom is 0.186 e. The van der Waals surface area contributed by atoms with Crippen LogP contribution in [0.4, 0.5) is 5.13 Å². The Balaban J connectivity index is 1.50. The fourth-order valence-electron chi connectivity index (χ4n) is 3.92. The number of anilines is 1. The number of thiazole rings is 1. The molecule has 110 valence electrons. The molecule has 2 saturated carbocycles. The number of piperidine rings is 1. The van der Waals surface area contributed by atoms with E-state index >= 15 is 0 Å². The van der Waals surface area contributed by atoms with Crippen LogP contribution >= 0.6 is 11.3 Å². The van der Waals surface area contributed by atoms with Gasteiger partial charge in [0.1, 0.15) is 0 Å². The molecule has 2 atom stereocenters. The van der Waals surface area contributed by atoms with E-state index < -0.39 is 0 Å². The van der Waals surface area contributed by atoms with E-state index in [0.29, 0.717) is 0 Å². The molecule has 0 radical (unpaired) electrons. The zero-order valence-corrected chi connectivity index (χ0v) is 13.2. The lowest BCUT2D eigenvalue weighted by molar-refractivity contribution is 0.362. The van der Waals surface area contributed by atoms with Crippen molar-refractivity contribution in [3.63, 3.8) is 0 Å². The van der Waals surface area contributed by atoms with E-state index in [1.165, 1.54) is 67.2 Å². The molecule has 4 rings (SSSR count). The molecule has 3 nitrogen and oxygen atoms in total. The van der Waals surface area contributed by atoms with Crippen LogP contribution in [0.15, 0.2) is 0 Å². The summed E-state index contributed by atoms with van der Waals surface area (Å²) in [6, 6.07) is 1.58. The highest BCUT2D eigenvalue weighted by atomic mass is 32.1. The van der Waals surface area contributed by atoms with E-state index in [1.54, 1.807) is 0 Å². The standard InChI is InChI=1S/C16H25N3S/c1-11-15(10-17-13-7-8-13)20-16(18-11)19-9-3-5-12-4-2-6-14(12)19/h12-14,17H,2-10H2,1H3. The van der Waals surface area contributed by atoms with E-state index in [2.05, 4.69) is 17.1 Å². The number of hydrogen-bond acceptors (Lipinski definition) is 4. The Kier molecular flexibility index (Phi) is 3.47. The summed E-state index contributed by atoms with van der Waals surface area (Å²) in [4.78, 5) is 8.99. The molecule has 2 aliphatic carbocycles. The zero-order chi connectivity index (χ0) is 13.5. The number of rotatable bonds is 4. The summed E-state index contributed by atoms with van der Waals surface area (Å²) in [5.74, 6) is 0.945. The van der Waals surface area contributed by atoms with Gasteiger partial charge in [-0.2, -0.15) is 0 Å². The molecule has 1 N–H and O–H groups in total. The highest BCUT2D eigenvalue weighted by Crippen LogP contribution is 2.40. The van der Waals surface area contributed by atoms with Gasteiger partial charge in [-0.1, -0.05) is 6.42 Å². The number of nitrogens with zero attached hydrogens (tertiary/aromatic N) is 2. The fourth-order valence-corrected chi connectivity index (χ4v) is 5.01. The predicted molar refractivity (Wildman–Crippen MR) is 84.4 cm³/mol. The number of nitrogens with one attached hydrogen (secondary N) is 1. The second-order valence-corrected chi connectivity index (χ2v) is 7.82. The second kappa shape index (κ2) is 5.30. The van der Waals surface area contributed by atoms with Gasteiger partial charge in [0.25, 0.3) is 0 Å². The fraction of sp³-hybridized carbons (Fsp3) is 0.812. The summed E-state index contributed by atoms with van der Waals surface area (Å²) in [6.07, 6.45) is 9.78. The number of aromatic nitrogens is 1. The number of fused-ring (bicyclic) bond motifs is 1. The lowest BCUT2D eigenvalue weighted by atomic mass is 9.92. The Morgan fingerprint density at radius 3 is 2.90 bits per heavy atom. The van der Waals surface area contributed by atoms with Gasteiger partial charge in [-0.05, 0) is 51.4 Å². The molecule has 4 heteroatoms. The van der Waals surface area contributed by atoms with E-state index in [-0.39, 0.29) is 0 Å². The maximum atomic E-state index is 4.90. The molecule has 0 amide bonds. The normalized spacial score (nSPS) is 29.8. The van der Waals surface area contributed by atoms with Crippen LogP contribution in [0.5, 0.6) is 0 Å². The van der Waals surface area contributed by atoms with E-state index in [9.17, 15) is 0 Å². The van der Waals surface area contributed by atoms with Crippen LogP contribution < -0.4 is 10.2 Å². The van der Waals surface area contributed by atoms with Crippen molar-refractivity contribution in [1.82, 2.24) is 10.3 Å². The van der Waals surface area contributed by atoms with Gasteiger partial charge in [-0.3, -0.25) is 0 Å². The van der Waals surface area contributed by atoms with Crippen molar-refractivity contribution in [1.29, 1.82) is 0 Å². The Bertz CT molecular complexity index is 480. The highest BCUT2D eigenvalue weighted by Gasteiger charge is 2.36. The van der Waals surface area contributed by atoms with Crippen LogP contribution in [0.25, 0.3) is 0 Å². The highest BCUT2D eigenvalue weighted by molar-refractivity contribution is 7.15. The minimum atomic E-state index is 0.786. The first kappa shape index (κ1) is 13.1. The SMILES string of the molecule is Cc1nc(N2CCCC3CCCC32)sc1CNC1CC1. The number of aryl methyl sites for hydroxylation is 1. The largest absolute Gasteiger partial charge is 0.345 e. The van der Waals surface area contributed by atoms with Crippen molar-refractivity contribution < 1.29 is 0 Å². The van der Waals surface area contributed by atoms with Gasteiger partial charge in [0, 0.05) is 30.1 Å². The summed E-state index contributed by atoms with van der Waals surface area (Å²) >= 11 is 1.94. The van der Waals surface area contributed by atoms with Crippen molar-refractivity contribution in [2.75, 3.05) is 11.4 Å². The van der Waals surface area contributed by atoms with Gasteiger partial charge < -0.3 is 10.2 Å². The lowest BCUT2D eigenvalue weighted by Gasteiger charge is -2.37. The first-order valence-corrected chi connectivity index (χ1v) is 9.09. The summed E-state index contributed by atoms with van der Waals surface area (Å²) < 4.78 is 0. The summed E-state index contributed by atoms with van der Waals surface area (Å²) in [6.45, 7) is 4.43. The predicted octanol–water partition coefficient (Wildman–Crippen LogP) is 3.47. The van der Waals surface area contributed by atoms with E-state index in [1.807, 2.05) is 11.3 Å². The van der Waals surface area contributed by atoms with E-state index in [0.717, 1.165) is 24.5 Å². The van der Waals surface area contributed by atoms with Crippen molar-refractivity contribution in [2.24, 2.45) is 5.92 Å². The first-order chi connectivity index (χ1) is 9.81. The van der Waals surface area contributed by atoms with E-state index in [4.69, 9.17) is 4.98 Å². The Morgan fingerprint density at radius 2 is 2.05 bits per heavy atom. The molecule has 1 saturated heterocycles. The third kappa shape index (κ3) is 2.48. The van der Waals surface area contributed by atoms with Gasteiger partial charge >= 0.3 is 0 Å². The Hall–Kier alpha value is -0.610. The minimum absolute atomic E-state index is 0.786. The lowest BCUT2D eigenvalue weighted by Crippen LogP contribution is -2.42. The minimum Gasteiger partial charge on any atom is -0.345 e. The van der Waals surface area contributed by atoms with Crippen molar-refractivity contribution in [2.45, 2.75) is 70.5 Å². The quantitative estimate of drug-likeness (QED) is 0.920. The smallest absolute Gasteiger partial charge is 0.186 e. The second-order valence-electron chi connectivity index (χ2n) is 6.75. The van der Waals surface area contributed by atoms with Crippen LogP contribution in [-0.2, 0) is 6.54 Å². The zero-order valence-electron chi connectivity index (χ0n) is 12.4. The van der Waals surface area contributed by atoms with Crippen LogP contribution in [0.2, 0.25) is 0 Å². The molecule has 2 heterocycles. The van der Waals surface area contributed by atoms with Crippen molar-refractivity contribution >= 4 is 16.5 Å². The molecule has 3 aliphatic rings. The maximum absolute atomic E-state index is 4.90. The average Bonchev–Trinajstić information content (AvgIpc) is 3.02. The molecule has 1 aliphatic heterocycles. The van der Waals surface area contributed by atoms with Gasteiger partial charge in [0.15, 0.2) is 5.13 Å². The Morgan fingerprint density at radius 1 is 1.20 bits per heavy atom. The average molecular weight is 291 g/mol. The first-order valence-electron chi connectivity index (χ1n) is 8.27. The molecule has 0 spiro atoms. The van der Waals surface area contributed by atoms with Crippen LogP contribution in [0.1, 0.15) is 55.5 Å². The van der Waals surface area contributed by atoms with Gasteiger partial charge in [0.05, 0.1) is 5.69 Å². The molecule has 20 heavy (non-hydrogen) atoms. The molecular weight excluding hydrogens is 266 g/mol. The molecule has 1 aromatic rings. The summed E-state index contributed by atoms with van der Waals surface area (Å²) in [5, 5.41) is 4.93. The topological polar surface area (TPSA) is 28.2 Å². The molecule has 3 fully saturated rings.